The highest BCUT2D eigenvalue weighted by atomic mass is 16.5. The van der Waals surface area contributed by atoms with Crippen LogP contribution in [0.25, 0.3) is 11.0 Å². The lowest BCUT2D eigenvalue weighted by molar-refractivity contribution is -0.646. The van der Waals surface area contributed by atoms with Gasteiger partial charge in [-0.15, -0.1) is 0 Å². The predicted molar refractivity (Wildman–Crippen MR) is 82.6 cm³/mol. The standard InChI is InChI=1S/C16H21N3O2/c1-3-5-11-21-15(20)12-19-14-9-7-6-8-13(14)18(10-4-2)16(19)17/h4,6-9,17H,2-3,5,10-12H2,1H3/p+1. The molecule has 0 radical (unpaired) electrons. The van der Waals surface area contributed by atoms with E-state index in [0.717, 1.165) is 23.9 Å². The summed E-state index contributed by atoms with van der Waals surface area (Å²) < 4.78 is 8.93. The summed E-state index contributed by atoms with van der Waals surface area (Å²) in [6.07, 6.45) is 3.66. The fourth-order valence-electron chi connectivity index (χ4n) is 2.31. The number of hydrogen-bond donors (Lipinski definition) is 1. The number of aromatic nitrogens is 2. The molecule has 0 saturated heterocycles. The molecule has 5 heteroatoms. The Kier molecular flexibility index (Phi) is 4.98. The summed E-state index contributed by atoms with van der Waals surface area (Å²) in [5.74, 6) is 0.269. The van der Waals surface area contributed by atoms with Gasteiger partial charge in [0, 0.05) is 0 Å². The highest BCUT2D eigenvalue weighted by Gasteiger charge is 2.22. The molecule has 2 rings (SSSR count). The average molecular weight is 288 g/mol. The second-order valence-electron chi connectivity index (χ2n) is 4.91. The van der Waals surface area contributed by atoms with E-state index in [1.165, 1.54) is 0 Å². The van der Waals surface area contributed by atoms with Crippen molar-refractivity contribution < 1.29 is 14.1 Å². The highest BCUT2D eigenvalue weighted by Crippen LogP contribution is 2.15. The van der Waals surface area contributed by atoms with Crippen LogP contribution < -0.4 is 10.3 Å². The molecule has 1 aromatic carbocycles. The van der Waals surface area contributed by atoms with Crippen LogP contribution in [-0.4, -0.2) is 17.1 Å². The second kappa shape index (κ2) is 6.92. The molecule has 0 fully saturated rings. The molecule has 2 aromatic rings. The molecular weight excluding hydrogens is 266 g/mol. The van der Waals surface area contributed by atoms with Crippen LogP contribution >= 0.6 is 0 Å². The van der Waals surface area contributed by atoms with E-state index in [1.54, 1.807) is 10.6 Å². The van der Waals surface area contributed by atoms with Crippen molar-refractivity contribution in [3.63, 3.8) is 0 Å². The largest absolute Gasteiger partial charge is 0.463 e. The van der Waals surface area contributed by atoms with Gasteiger partial charge in [-0.25, -0.2) is 13.9 Å². The number of anilines is 1. The van der Waals surface area contributed by atoms with Gasteiger partial charge in [0.2, 0.25) is 0 Å². The van der Waals surface area contributed by atoms with Gasteiger partial charge in [-0.3, -0.25) is 5.73 Å². The first-order valence-corrected chi connectivity index (χ1v) is 7.22. The van der Waals surface area contributed by atoms with Gasteiger partial charge in [0.1, 0.15) is 11.0 Å². The number of nitrogen functional groups attached to an aromatic ring is 1. The molecule has 112 valence electrons. The first-order valence-electron chi connectivity index (χ1n) is 7.22. The van der Waals surface area contributed by atoms with Crippen molar-refractivity contribution in [1.82, 2.24) is 4.57 Å². The Labute approximate surface area is 124 Å². The molecule has 0 saturated carbocycles. The molecule has 1 heterocycles. The number of hydrogen-bond acceptors (Lipinski definition) is 3. The van der Waals surface area contributed by atoms with Gasteiger partial charge in [-0.05, 0) is 18.6 Å². The fraction of sp³-hybridized carbons (Fsp3) is 0.375. The lowest BCUT2D eigenvalue weighted by atomic mass is 10.3. The third kappa shape index (κ3) is 3.24. The molecule has 0 unspecified atom stereocenters. The van der Waals surface area contributed by atoms with E-state index >= 15 is 0 Å². The molecule has 0 bridgehead atoms. The first-order chi connectivity index (χ1) is 10.2. The van der Waals surface area contributed by atoms with Crippen molar-refractivity contribution in [1.29, 1.82) is 0 Å². The van der Waals surface area contributed by atoms with Gasteiger partial charge < -0.3 is 4.74 Å². The summed E-state index contributed by atoms with van der Waals surface area (Å²) >= 11 is 0. The third-order valence-corrected chi connectivity index (χ3v) is 3.38. The zero-order valence-electron chi connectivity index (χ0n) is 12.4. The van der Waals surface area contributed by atoms with E-state index in [-0.39, 0.29) is 12.5 Å². The number of unbranched alkanes of at least 4 members (excludes halogenated alkanes) is 1. The van der Waals surface area contributed by atoms with Crippen LogP contribution in [0.3, 0.4) is 0 Å². The summed E-state index contributed by atoms with van der Waals surface area (Å²) in [7, 11) is 0. The van der Waals surface area contributed by atoms with Gasteiger partial charge in [-0.2, -0.15) is 0 Å². The number of esters is 1. The molecular formula is C16H22N3O2+. The molecule has 5 nitrogen and oxygen atoms in total. The number of carbonyl (C=O) groups excluding carboxylic acids is 1. The summed E-state index contributed by atoms with van der Waals surface area (Å²) in [6, 6.07) is 7.81. The fourth-order valence-corrected chi connectivity index (χ4v) is 2.31. The maximum absolute atomic E-state index is 11.9. The zero-order chi connectivity index (χ0) is 15.2. The third-order valence-electron chi connectivity index (χ3n) is 3.38. The van der Waals surface area contributed by atoms with Gasteiger partial charge in [0.15, 0.2) is 6.54 Å². The highest BCUT2D eigenvalue weighted by molar-refractivity contribution is 5.75. The van der Waals surface area contributed by atoms with Crippen molar-refractivity contribution in [2.24, 2.45) is 0 Å². The number of carbonyl (C=O) groups is 1. The maximum atomic E-state index is 11.9. The van der Waals surface area contributed by atoms with Crippen molar-refractivity contribution in [3.05, 3.63) is 36.9 Å². The monoisotopic (exact) mass is 288 g/mol. The SMILES string of the molecule is C=CCn1c(N)[n+](CC(=O)OCCCC)c2ccccc21. The molecule has 21 heavy (non-hydrogen) atoms. The average Bonchev–Trinajstić information content (AvgIpc) is 2.74. The van der Waals surface area contributed by atoms with Gasteiger partial charge in [0.25, 0.3) is 0 Å². The summed E-state index contributed by atoms with van der Waals surface area (Å²) in [6.45, 7) is 6.99. The number of benzene rings is 1. The normalized spacial score (nSPS) is 10.7. The molecule has 0 spiro atoms. The topological polar surface area (TPSA) is 61.1 Å². The van der Waals surface area contributed by atoms with Crippen LogP contribution in [0.2, 0.25) is 0 Å². The smallest absolute Gasteiger partial charge is 0.356 e. The van der Waals surface area contributed by atoms with Gasteiger partial charge >= 0.3 is 11.9 Å². The minimum atomic E-state index is -0.262. The number of imidazole rings is 1. The van der Waals surface area contributed by atoms with Crippen LogP contribution in [-0.2, 0) is 22.6 Å². The molecule has 1 aromatic heterocycles. The van der Waals surface area contributed by atoms with E-state index in [4.69, 9.17) is 10.5 Å². The number of nitrogens with zero attached hydrogens (tertiary/aromatic N) is 2. The molecule has 0 aliphatic heterocycles. The Morgan fingerprint density at radius 1 is 1.48 bits per heavy atom. The minimum absolute atomic E-state index is 0.125. The summed E-state index contributed by atoms with van der Waals surface area (Å²) in [5, 5.41) is 0. The molecule has 2 N–H and O–H groups in total. The molecule has 0 aliphatic rings. The quantitative estimate of drug-likeness (QED) is 0.367. The molecule has 0 aliphatic carbocycles. The summed E-state index contributed by atoms with van der Waals surface area (Å²) in [5.41, 5.74) is 8.08. The first kappa shape index (κ1) is 15.1. The van der Waals surface area contributed by atoms with Crippen LogP contribution in [0.4, 0.5) is 5.95 Å². The predicted octanol–water partition coefficient (Wildman–Crippen LogP) is 2.04. The van der Waals surface area contributed by atoms with E-state index in [0.29, 0.717) is 19.1 Å². The van der Waals surface area contributed by atoms with E-state index in [2.05, 4.69) is 13.5 Å². The Bertz CT molecular complexity index is 646. The zero-order valence-corrected chi connectivity index (χ0v) is 12.4. The number of ether oxygens (including phenoxy) is 1. The number of nitrogens with two attached hydrogens (primary N) is 1. The van der Waals surface area contributed by atoms with Gasteiger partial charge in [0.05, 0.1) is 13.2 Å². The number of rotatable bonds is 7. The Balaban J connectivity index is 2.28. The minimum Gasteiger partial charge on any atom is -0.463 e. The lowest BCUT2D eigenvalue weighted by Gasteiger charge is -2.03. The van der Waals surface area contributed by atoms with Crippen LogP contribution in [0.5, 0.6) is 0 Å². The van der Waals surface area contributed by atoms with Crippen molar-refractivity contribution >= 4 is 23.0 Å². The number of fused-ring (bicyclic) bond motifs is 1. The van der Waals surface area contributed by atoms with Gasteiger partial charge in [-0.1, -0.05) is 38.1 Å². The lowest BCUT2D eigenvalue weighted by Crippen LogP contribution is -2.41. The molecule has 0 atom stereocenters. The van der Waals surface area contributed by atoms with Crippen molar-refractivity contribution in [2.45, 2.75) is 32.9 Å². The van der Waals surface area contributed by atoms with Crippen molar-refractivity contribution in [3.8, 4) is 0 Å². The van der Waals surface area contributed by atoms with E-state index in [9.17, 15) is 4.79 Å². The van der Waals surface area contributed by atoms with Crippen molar-refractivity contribution in [2.75, 3.05) is 12.3 Å². The number of allylic oxidation sites excluding steroid dienone is 1. The Morgan fingerprint density at radius 2 is 2.24 bits per heavy atom. The van der Waals surface area contributed by atoms with Crippen LogP contribution in [0.15, 0.2) is 36.9 Å². The van der Waals surface area contributed by atoms with E-state index < -0.39 is 0 Å². The Morgan fingerprint density at radius 3 is 2.95 bits per heavy atom. The number of para-hydroxylation sites is 2. The summed E-state index contributed by atoms with van der Waals surface area (Å²) in [4.78, 5) is 11.9. The second-order valence-corrected chi connectivity index (χ2v) is 4.91. The Hall–Kier alpha value is -2.30. The van der Waals surface area contributed by atoms with Crippen LogP contribution in [0, 0.1) is 0 Å². The molecule has 0 amide bonds. The maximum Gasteiger partial charge on any atom is 0.356 e. The van der Waals surface area contributed by atoms with E-state index in [1.807, 2.05) is 28.8 Å². The van der Waals surface area contributed by atoms with Crippen LogP contribution in [0.1, 0.15) is 19.8 Å².